The fourth-order valence-corrected chi connectivity index (χ4v) is 6.60. The molecule has 254 valence electrons. The highest BCUT2D eigenvalue weighted by molar-refractivity contribution is 5.95. The molecule has 0 spiro atoms. The molecule has 0 saturated heterocycles. The zero-order valence-electron chi connectivity index (χ0n) is 30.8. The number of nitrogens with zero attached hydrogens (tertiary/aromatic N) is 4. The monoisotopic (exact) mass is 660 g/mol. The quantitative estimate of drug-likeness (QED) is 0.173. The maximum Gasteiger partial charge on any atom is 0.144 e. The number of aromatic nitrogens is 3. The van der Waals surface area contributed by atoms with Crippen molar-refractivity contribution in [2.75, 3.05) is 11.9 Å². The van der Waals surface area contributed by atoms with Crippen molar-refractivity contribution in [1.82, 2.24) is 14.5 Å². The Balaban J connectivity index is 1.44. The molecule has 0 atom stereocenters. The molecule has 1 N–H and O–H groups in total. The number of imidazole rings is 1. The van der Waals surface area contributed by atoms with Crippen molar-refractivity contribution >= 4 is 22.3 Å². The lowest BCUT2D eigenvalue weighted by Crippen LogP contribution is -2.17. The van der Waals surface area contributed by atoms with Crippen LogP contribution in [0.1, 0.15) is 65.2 Å². The molecule has 5 nitrogen and oxygen atoms in total. The van der Waals surface area contributed by atoms with E-state index in [1.54, 1.807) is 0 Å². The second kappa shape index (κ2) is 13.1. The number of para-hydroxylation sites is 2. The molecule has 0 unspecified atom stereocenters. The minimum absolute atomic E-state index is 0.0945. The smallest absolute Gasteiger partial charge is 0.144 e. The van der Waals surface area contributed by atoms with Crippen molar-refractivity contribution in [1.29, 1.82) is 0 Å². The van der Waals surface area contributed by atoms with E-state index in [-0.39, 0.29) is 16.6 Å². The van der Waals surface area contributed by atoms with Crippen molar-refractivity contribution in [2.24, 2.45) is 7.05 Å². The lowest BCUT2D eigenvalue weighted by molar-refractivity contribution is 0.446. The first kappa shape index (κ1) is 34.4. The molecule has 50 heavy (non-hydrogen) atoms. The van der Waals surface area contributed by atoms with Crippen molar-refractivity contribution in [3.63, 3.8) is 0 Å². The second-order valence-electron chi connectivity index (χ2n) is 15.2. The minimum atomic E-state index is -0.236. The zero-order chi connectivity index (χ0) is 36.0. The molecule has 0 aliphatic rings. The fraction of sp³-hybridized carbons (Fsp3) is 0.244. The Morgan fingerprint density at radius 1 is 0.800 bits per heavy atom. The van der Waals surface area contributed by atoms with Crippen molar-refractivity contribution in [2.45, 2.75) is 59.3 Å². The molecule has 6 aromatic rings. The van der Waals surface area contributed by atoms with Crippen LogP contribution in [0, 0.1) is 0 Å². The first-order chi connectivity index (χ1) is 23.7. The number of benzene rings is 4. The molecule has 2 heterocycles. The van der Waals surface area contributed by atoms with E-state index in [9.17, 15) is 5.11 Å². The van der Waals surface area contributed by atoms with Crippen molar-refractivity contribution < 1.29 is 5.11 Å². The highest BCUT2D eigenvalue weighted by atomic mass is 16.3. The van der Waals surface area contributed by atoms with E-state index in [2.05, 4.69) is 144 Å². The maximum atomic E-state index is 11.7. The van der Waals surface area contributed by atoms with Gasteiger partial charge in [0.25, 0.3) is 0 Å². The molecular weight excluding hydrogens is 613 g/mol. The maximum absolute atomic E-state index is 11.7. The van der Waals surface area contributed by atoms with Gasteiger partial charge in [-0.05, 0) is 76.9 Å². The average Bonchev–Trinajstić information content (AvgIpc) is 3.43. The van der Waals surface area contributed by atoms with Gasteiger partial charge in [-0.2, -0.15) is 0 Å². The molecular formula is C45H48N4O. The third-order valence-electron chi connectivity index (χ3n) is 9.72. The lowest BCUT2D eigenvalue weighted by Gasteiger charge is -2.27. The first-order valence-corrected chi connectivity index (χ1v) is 17.2. The topological polar surface area (TPSA) is 54.2 Å². The van der Waals surface area contributed by atoms with Crippen LogP contribution in [0.4, 0.5) is 5.69 Å². The summed E-state index contributed by atoms with van der Waals surface area (Å²) in [5.74, 6) is 1.03. The zero-order valence-corrected chi connectivity index (χ0v) is 30.8. The van der Waals surface area contributed by atoms with Gasteiger partial charge in [-0.15, -0.1) is 0 Å². The van der Waals surface area contributed by atoms with Crippen LogP contribution in [0.15, 0.2) is 122 Å². The Kier molecular flexibility index (Phi) is 9.04. The number of pyridine rings is 1. The summed E-state index contributed by atoms with van der Waals surface area (Å²) in [5, 5.41) is 11.7. The summed E-state index contributed by atoms with van der Waals surface area (Å²) < 4.78 is 2.10. The number of anilines is 1. The first-order valence-electron chi connectivity index (χ1n) is 17.2. The van der Waals surface area contributed by atoms with Crippen LogP contribution in [0.3, 0.4) is 0 Å². The van der Waals surface area contributed by atoms with Crippen LogP contribution < -0.4 is 4.90 Å². The molecule has 0 radical (unpaired) electrons. The van der Waals surface area contributed by atoms with E-state index in [1.807, 2.05) is 43.6 Å². The number of aryl methyl sites for hydroxylation is 1. The Morgan fingerprint density at radius 3 is 2.18 bits per heavy atom. The minimum Gasteiger partial charge on any atom is -0.507 e. The Bertz CT molecular complexity index is 2240. The van der Waals surface area contributed by atoms with E-state index in [4.69, 9.17) is 9.97 Å². The molecule has 0 aliphatic carbocycles. The Labute approximate surface area is 297 Å². The number of fused-ring (bicyclic) bond motifs is 1. The van der Waals surface area contributed by atoms with E-state index in [0.717, 1.165) is 72.9 Å². The van der Waals surface area contributed by atoms with Gasteiger partial charge in [-0.25, -0.2) is 4.98 Å². The summed E-state index contributed by atoms with van der Waals surface area (Å²) in [7, 11) is 4.11. The SMILES string of the molecule is C=C/C(=C(\C)N(C)c1ccccc1)c1ccnc(-c2cccc(-c3cccc4c3nc(-c3cc(C(C)(C)C)cc(C(C)(C)C)c3O)n4C)c2)c1. The predicted octanol–water partition coefficient (Wildman–Crippen LogP) is 11.3. The molecule has 6 rings (SSSR count). The lowest BCUT2D eigenvalue weighted by atomic mass is 9.79. The van der Waals surface area contributed by atoms with Gasteiger partial charge >= 0.3 is 0 Å². The molecule has 2 aromatic heterocycles. The molecule has 0 aliphatic heterocycles. The number of hydrogen-bond donors (Lipinski definition) is 1. The van der Waals surface area contributed by atoms with Gasteiger partial charge in [0.2, 0.25) is 0 Å². The van der Waals surface area contributed by atoms with Gasteiger partial charge in [-0.3, -0.25) is 4.98 Å². The van der Waals surface area contributed by atoms with Gasteiger partial charge in [0.1, 0.15) is 11.6 Å². The second-order valence-corrected chi connectivity index (χ2v) is 15.2. The van der Waals surface area contributed by atoms with E-state index < -0.39 is 0 Å². The van der Waals surface area contributed by atoms with E-state index in [0.29, 0.717) is 0 Å². The van der Waals surface area contributed by atoms with Crippen LogP contribution in [0.2, 0.25) is 0 Å². The van der Waals surface area contributed by atoms with Gasteiger partial charge in [0, 0.05) is 53.9 Å². The summed E-state index contributed by atoms with van der Waals surface area (Å²) in [6.07, 6.45) is 3.79. The van der Waals surface area contributed by atoms with Crippen molar-refractivity contribution in [3.05, 3.63) is 138 Å². The third-order valence-corrected chi connectivity index (χ3v) is 9.72. The molecule has 0 bridgehead atoms. The van der Waals surface area contributed by atoms with Gasteiger partial charge in [0.15, 0.2) is 0 Å². The van der Waals surface area contributed by atoms with Crippen LogP contribution in [-0.2, 0) is 17.9 Å². The predicted molar refractivity (Wildman–Crippen MR) is 212 cm³/mol. The third kappa shape index (κ3) is 6.48. The van der Waals surface area contributed by atoms with Crippen LogP contribution in [0.25, 0.3) is 50.4 Å². The largest absolute Gasteiger partial charge is 0.507 e. The molecule has 0 amide bonds. The highest BCUT2D eigenvalue weighted by Crippen LogP contribution is 2.43. The average molecular weight is 661 g/mol. The van der Waals surface area contributed by atoms with Gasteiger partial charge < -0.3 is 14.6 Å². The number of allylic oxidation sites excluding steroid dienone is 3. The fourth-order valence-electron chi connectivity index (χ4n) is 6.60. The van der Waals surface area contributed by atoms with Gasteiger partial charge in [-0.1, -0.05) is 109 Å². The van der Waals surface area contributed by atoms with Crippen LogP contribution in [-0.4, -0.2) is 26.7 Å². The molecule has 5 heteroatoms. The molecule has 4 aromatic carbocycles. The standard InChI is InChI=1S/C45H48N4O/c1-11-35(29(2)48(9)34-19-13-12-14-20-34)31-23-24-46-39(26-31)32-18-15-17-30(25-32)36-21-16-22-40-41(36)47-43(49(40)10)37-27-33(44(3,4)5)28-38(42(37)50)45(6,7)8/h11-28,50H,1H2,2-10H3/b35-29-. The summed E-state index contributed by atoms with van der Waals surface area (Å²) in [6, 6.07) is 33.6. The summed E-state index contributed by atoms with van der Waals surface area (Å²) in [5.41, 5.74) is 12.7. The number of rotatable bonds is 7. The number of aromatic hydroxyl groups is 1. The van der Waals surface area contributed by atoms with Crippen molar-refractivity contribution in [3.8, 4) is 39.5 Å². The number of phenols is 1. The van der Waals surface area contributed by atoms with E-state index >= 15 is 0 Å². The number of phenolic OH excluding ortho intramolecular Hbond substituents is 1. The normalized spacial score (nSPS) is 12.6. The Hall–Kier alpha value is -5.42. The summed E-state index contributed by atoms with van der Waals surface area (Å²) in [6.45, 7) is 19.3. The molecule has 0 saturated carbocycles. The molecule has 0 fully saturated rings. The number of hydrogen-bond acceptors (Lipinski definition) is 4. The summed E-state index contributed by atoms with van der Waals surface area (Å²) >= 11 is 0. The van der Waals surface area contributed by atoms with E-state index in [1.165, 1.54) is 5.56 Å². The van der Waals surface area contributed by atoms with Crippen LogP contribution >= 0.6 is 0 Å². The Morgan fingerprint density at radius 2 is 1.50 bits per heavy atom. The van der Waals surface area contributed by atoms with Crippen LogP contribution in [0.5, 0.6) is 5.75 Å². The highest BCUT2D eigenvalue weighted by Gasteiger charge is 2.27. The van der Waals surface area contributed by atoms with Gasteiger partial charge in [0.05, 0.1) is 22.3 Å². The summed E-state index contributed by atoms with van der Waals surface area (Å²) in [4.78, 5) is 12.2.